The van der Waals surface area contributed by atoms with Crippen molar-refractivity contribution in [3.63, 3.8) is 0 Å². The van der Waals surface area contributed by atoms with Crippen molar-refractivity contribution in [2.24, 2.45) is 46.3 Å². The van der Waals surface area contributed by atoms with Crippen molar-refractivity contribution in [2.75, 3.05) is 5.32 Å². The molecule has 0 heterocycles. The van der Waals surface area contributed by atoms with Crippen LogP contribution in [0, 0.1) is 46.3 Å². The van der Waals surface area contributed by atoms with Crippen molar-refractivity contribution in [2.45, 2.75) is 111 Å². The van der Waals surface area contributed by atoms with Gasteiger partial charge in [-0.05, 0) is 109 Å². The fourth-order valence-electron chi connectivity index (χ4n) is 9.63. The molecule has 0 spiro atoms. The van der Waals surface area contributed by atoms with Crippen molar-refractivity contribution < 1.29 is 9.53 Å². The van der Waals surface area contributed by atoms with E-state index in [2.05, 4.69) is 46.0 Å². The Hall–Kier alpha value is -1.19. The first-order valence-electron chi connectivity index (χ1n) is 15.6. The third-order valence-corrected chi connectivity index (χ3v) is 12.4. The molecule has 0 aliphatic heterocycles. The van der Waals surface area contributed by atoms with Gasteiger partial charge < -0.3 is 4.74 Å². The molecule has 1 amide bonds. The number of carbonyl (C=O) groups is 1. The summed E-state index contributed by atoms with van der Waals surface area (Å²) >= 11 is 12.1. The van der Waals surface area contributed by atoms with Crippen molar-refractivity contribution >= 4 is 35.0 Å². The third kappa shape index (κ3) is 5.78. The number of carbonyl (C=O) groups excluding carboxylic acids is 1. The van der Waals surface area contributed by atoms with E-state index in [0.717, 1.165) is 54.8 Å². The van der Waals surface area contributed by atoms with Gasteiger partial charge in [0.1, 0.15) is 6.10 Å². The molecule has 0 unspecified atom stereocenters. The Labute approximate surface area is 246 Å². The molecule has 4 aliphatic rings. The van der Waals surface area contributed by atoms with E-state index in [-0.39, 0.29) is 11.5 Å². The van der Waals surface area contributed by atoms with Crippen LogP contribution >= 0.6 is 23.2 Å². The van der Waals surface area contributed by atoms with Gasteiger partial charge in [-0.25, -0.2) is 4.79 Å². The van der Waals surface area contributed by atoms with Gasteiger partial charge in [-0.2, -0.15) is 0 Å². The molecule has 4 aliphatic carbocycles. The van der Waals surface area contributed by atoms with E-state index in [1.54, 1.807) is 23.8 Å². The second kappa shape index (κ2) is 11.6. The molecular weight excluding hydrogens is 525 g/mol. The van der Waals surface area contributed by atoms with E-state index in [1.807, 2.05) is 0 Å². The lowest BCUT2D eigenvalue weighted by atomic mass is 9.47. The SMILES string of the molecule is CC(C)CCC[C@@H](C)[C@H]1CC[C@@H]2[C@@H]3CC=C4C[C@@H](OC(=O)Nc5ccc(Cl)c(Cl)c5)CC[C@]4(C)[C@@H]3CC[C@@]21C. The van der Waals surface area contributed by atoms with Gasteiger partial charge in [0.2, 0.25) is 0 Å². The van der Waals surface area contributed by atoms with Gasteiger partial charge >= 0.3 is 6.09 Å². The summed E-state index contributed by atoms with van der Waals surface area (Å²) in [6, 6.07) is 5.09. The summed E-state index contributed by atoms with van der Waals surface area (Å²) in [5.74, 6) is 5.03. The van der Waals surface area contributed by atoms with Crippen LogP contribution in [0.15, 0.2) is 29.8 Å². The van der Waals surface area contributed by atoms with E-state index in [0.29, 0.717) is 21.1 Å². The van der Waals surface area contributed by atoms with Crippen LogP contribution in [0.3, 0.4) is 0 Å². The number of hydrogen-bond donors (Lipinski definition) is 1. The average molecular weight is 575 g/mol. The summed E-state index contributed by atoms with van der Waals surface area (Å²) in [4.78, 5) is 12.7. The smallest absolute Gasteiger partial charge is 0.411 e. The molecule has 0 aromatic heterocycles. The normalized spacial score (nSPS) is 36.4. The molecule has 39 heavy (non-hydrogen) atoms. The van der Waals surface area contributed by atoms with E-state index in [9.17, 15) is 4.79 Å². The van der Waals surface area contributed by atoms with Gasteiger partial charge in [0.05, 0.1) is 10.0 Å². The number of halogens is 2. The largest absolute Gasteiger partial charge is 0.446 e. The highest BCUT2D eigenvalue weighted by atomic mass is 35.5. The van der Waals surface area contributed by atoms with Gasteiger partial charge in [0, 0.05) is 12.1 Å². The number of hydrogen-bond acceptors (Lipinski definition) is 2. The van der Waals surface area contributed by atoms with Crippen LogP contribution in [-0.2, 0) is 4.74 Å². The summed E-state index contributed by atoms with van der Waals surface area (Å²) in [6.07, 6.45) is 16.0. The van der Waals surface area contributed by atoms with Gasteiger partial charge in [-0.15, -0.1) is 0 Å². The van der Waals surface area contributed by atoms with Gasteiger partial charge in [-0.1, -0.05) is 88.7 Å². The molecule has 3 nitrogen and oxygen atoms in total. The quantitative estimate of drug-likeness (QED) is 0.329. The predicted molar refractivity (Wildman–Crippen MR) is 163 cm³/mol. The molecule has 5 rings (SSSR count). The second-order valence-electron chi connectivity index (χ2n) is 14.3. The van der Waals surface area contributed by atoms with Crippen LogP contribution in [0.5, 0.6) is 0 Å². The zero-order valence-corrected chi connectivity index (χ0v) is 26.2. The van der Waals surface area contributed by atoms with Crippen LogP contribution < -0.4 is 5.32 Å². The zero-order valence-electron chi connectivity index (χ0n) is 24.7. The molecule has 1 N–H and O–H groups in total. The van der Waals surface area contributed by atoms with Gasteiger partial charge in [-0.3, -0.25) is 5.32 Å². The molecule has 3 fully saturated rings. The number of ether oxygens (including phenoxy) is 1. The first kappa shape index (κ1) is 29.3. The highest BCUT2D eigenvalue weighted by molar-refractivity contribution is 6.42. The molecule has 216 valence electrons. The van der Waals surface area contributed by atoms with Crippen LogP contribution in [0.4, 0.5) is 10.5 Å². The predicted octanol–water partition coefficient (Wildman–Crippen LogP) is 11.0. The fourth-order valence-corrected chi connectivity index (χ4v) is 9.92. The highest BCUT2D eigenvalue weighted by Gasteiger charge is 2.59. The Morgan fingerprint density at radius 3 is 2.56 bits per heavy atom. The summed E-state index contributed by atoms with van der Waals surface area (Å²) < 4.78 is 5.90. The Balaban J connectivity index is 1.21. The number of nitrogens with one attached hydrogen (secondary N) is 1. The Kier molecular flexibility index (Phi) is 8.71. The summed E-state index contributed by atoms with van der Waals surface area (Å²) in [6.45, 7) is 12.5. The van der Waals surface area contributed by atoms with Gasteiger partial charge in [0.15, 0.2) is 0 Å². The molecule has 8 atom stereocenters. The molecule has 0 radical (unpaired) electrons. The zero-order chi connectivity index (χ0) is 27.9. The minimum atomic E-state index is -0.413. The average Bonchev–Trinajstić information content (AvgIpc) is 3.23. The first-order chi connectivity index (χ1) is 18.5. The molecule has 0 bridgehead atoms. The number of benzene rings is 1. The van der Waals surface area contributed by atoms with Crippen molar-refractivity contribution in [1.82, 2.24) is 0 Å². The van der Waals surface area contributed by atoms with Crippen LogP contribution in [0.25, 0.3) is 0 Å². The maximum Gasteiger partial charge on any atom is 0.411 e. The number of anilines is 1. The third-order valence-electron chi connectivity index (χ3n) is 11.7. The molecule has 5 heteroatoms. The van der Waals surface area contributed by atoms with E-state index in [1.165, 1.54) is 51.4 Å². The monoisotopic (exact) mass is 573 g/mol. The maximum absolute atomic E-state index is 12.7. The summed E-state index contributed by atoms with van der Waals surface area (Å²) in [5, 5.41) is 3.71. The van der Waals surface area contributed by atoms with E-state index < -0.39 is 6.09 Å². The standard InChI is InChI=1S/C34H49Cl2NO2/c1-21(2)7-6-8-22(3)27-12-13-28-26-11-9-23-19-25(15-17-33(23,4)29(26)16-18-34(27,28)5)39-32(38)37-24-10-14-30(35)31(36)20-24/h9-10,14,20-22,25-29H,6-8,11-13,15-19H2,1-5H3,(H,37,38)/t22-,25+,26+,27-,28-,29-,33+,34-/m1/s1. The summed E-state index contributed by atoms with van der Waals surface area (Å²) in [7, 11) is 0. The number of allylic oxidation sites excluding steroid dienone is 1. The van der Waals surface area contributed by atoms with Crippen LogP contribution in [0.2, 0.25) is 10.0 Å². The minimum absolute atomic E-state index is 0.0694. The number of fused-ring (bicyclic) bond motifs is 5. The Morgan fingerprint density at radius 2 is 1.82 bits per heavy atom. The molecule has 3 saturated carbocycles. The second-order valence-corrected chi connectivity index (χ2v) is 15.1. The van der Waals surface area contributed by atoms with Crippen LogP contribution in [-0.4, -0.2) is 12.2 Å². The molecular formula is C34H49Cl2NO2. The van der Waals surface area contributed by atoms with Crippen LogP contribution in [0.1, 0.15) is 105 Å². The number of amides is 1. The minimum Gasteiger partial charge on any atom is -0.446 e. The van der Waals surface area contributed by atoms with Crippen molar-refractivity contribution in [3.8, 4) is 0 Å². The fraction of sp³-hybridized carbons (Fsp3) is 0.735. The lowest BCUT2D eigenvalue weighted by molar-refractivity contribution is -0.0577. The lowest BCUT2D eigenvalue weighted by Crippen LogP contribution is -2.51. The van der Waals surface area contributed by atoms with Gasteiger partial charge in [0.25, 0.3) is 0 Å². The number of rotatable bonds is 7. The Morgan fingerprint density at radius 1 is 1.03 bits per heavy atom. The summed E-state index contributed by atoms with van der Waals surface area (Å²) in [5.41, 5.74) is 2.92. The molecule has 1 aromatic carbocycles. The topological polar surface area (TPSA) is 38.3 Å². The molecule has 1 aromatic rings. The molecule has 0 saturated heterocycles. The first-order valence-corrected chi connectivity index (χ1v) is 16.4. The Bertz CT molecular complexity index is 1080. The van der Waals surface area contributed by atoms with Crippen molar-refractivity contribution in [1.29, 1.82) is 0 Å². The van der Waals surface area contributed by atoms with E-state index in [4.69, 9.17) is 27.9 Å². The lowest BCUT2D eigenvalue weighted by Gasteiger charge is -2.58. The van der Waals surface area contributed by atoms with Crippen molar-refractivity contribution in [3.05, 3.63) is 39.9 Å². The highest BCUT2D eigenvalue weighted by Crippen LogP contribution is 2.67. The van der Waals surface area contributed by atoms with E-state index >= 15 is 0 Å². The maximum atomic E-state index is 12.7.